The fourth-order valence-corrected chi connectivity index (χ4v) is 3.38. The Morgan fingerprint density at radius 3 is 2.61 bits per heavy atom. The molecule has 1 amide bonds. The van der Waals surface area contributed by atoms with Gasteiger partial charge in [-0.1, -0.05) is 48.9 Å². The summed E-state index contributed by atoms with van der Waals surface area (Å²) in [5.74, 6) is -0.203. The second-order valence-corrected chi connectivity index (χ2v) is 7.36. The van der Waals surface area contributed by atoms with Gasteiger partial charge in [0.1, 0.15) is 0 Å². The summed E-state index contributed by atoms with van der Waals surface area (Å²) in [7, 11) is 0. The summed E-state index contributed by atoms with van der Waals surface area (Å²) in [5, 5.41) is 15.2. The molecule has 0 radical (unpaired) electrons. The zero-order valence-corrected chi connectivity index (χ0v) is 16.3. The predicted molar refractivity (Wildman–Crippen MR) is 114 cm³/mol. The van der Waals surface area contributed by atoms with Gasteiger partial charge in [0, 0.05) is 13.8 Å². The zero-order chi connectivity index (χ0) is 21.6. The van der Waals surface area contributed by atoms with Gasteiger partial charge in [-0.05, 0) is 42.5 Å². The van der Waals surface area contributed by atoms with Gasteiger partial charge in [0.15, 0.2) is 5.13 Å². The van der Waals surface area contributed by atoms with E-state index in [1.165, 1.54) is 11.3 Å². The number of rotatable bonds is 9. The topological polar surface area (TPSA) is 88.2 Å². The molecule has 0 fully saturated rings. The number of aromatic nitrogens is 1. The quantitative estimate of drug-likeness (QED) is 0.501. The first-order valence-corrected chi connectivity index (χ1v) is 10.0. The molecule has 28 heavy (non-hydrogen) atoms. The second kappa shape index (κ2) is 10.0. The van der Waals surface area contributed by atoms with Gasteiger partial charge in [0.2, 0.25) is 5.91 Å². The molecule has 4 N–H and O–H groups in total. The molecule has 3 aromatic rings. The van der Waals surface area contributed by atoms with Crippen molar-refractivity contribution in [3.63, 3.8) is 0 Å². The van der Waals surface area contributed by atoms with Crippen LogP contribution in [-0.4, -0.2) is 16.0 Å². The SMILES string of the molecule is [2H]C([2H])(CCC[C@H](O)c1ccccc1)c1ccc(NC(=O)Cc2csc(N)n2)cc1. The Kier molecular flexibility index (Phi) is 6.22. The number of nitrogens with zero attached hydrogens (tertiary/aromatic N) is 1. The Morgan fingerprint density at radius 1 is 1.18 bits per heavy atom. The van der Waals surface area contributed by atoms with Crippen LogP contribution in [0.1, 0.15) is 44.9 Å². The highest BCUT2D eigenvalue weighted by atomic mass is 32.1. The Balaban J connectivity index is 1.50. The number of nitrogens with two attached hydrogens (primary N) is 1. The molecule has 2 aromatic carbocycles. The molecule has 0 aliphatic carbocycles. The summed E-state index contributed by atoms with van der Waals surface area (Å²) in [5.41, 5.74) is 8.19. The molecule has 5 nitrogen and oxygen atoms in total. The highest BCUT2D eigenvalue weighted by Gasteiger charge is 2.08. The van der Waals surface area contributed by atoms with Crippen molar-refractivity contribution in [1.29, 1.82) is 0 Å². The molecule has 1 aromatic heterocycles. The second-order valence-electron chi connectivity index (χ2n) is 6.47. The van der Waals surface area contributed by atoms with Crippen LogP contribution in [0, 0.1) is 0 Å². The van der Waals surface area contributed by atoms with Crippen LogP contribution in [-0.2, 0) is 17.6 Å². The Labute approximate surface area is 172 Å². The van der Waals surface area contributed by atoms with Crippen molar-refractivity contribution in [2.75, 3.05) is 11.1 Å². The lowest BCUT2D eigenvalue weighted by molar-refractivity contribution is -0.115. The van der Waals surface area contributed by atoms with Gasteiger partial charge in [0.25, 0.3) is 0 Å². The summed E-state index contributed by atoms with van der Waals surface area (Å²) in [4.78, 5) is 16.2. The number of nitrogens with one attached hydrogen (secondary N) is 1. The molecule has 0 saturated heterocycles. The summed E-state index contributed by atoms with van der Waals surface area (Å²) in [6.45, 7) is 0. The largest absolute Gasteiger partial charge is 0.388 e. The number of benzene rings is 2. The zero-order valence-electron chi connectivity index (χ0n) is 17.5. The molecular weight excluding hydrogens is 370 g/mol. The first kappa shape index (κ1) is 17.4. The van der Waals surface area contributed by atoms with Gasteiger partial charge in [-0.15, -0.1) is 11.3 Å². The van der Waals surface area contributed by atoms with E-state index in [2.05, 4.69) is 10.3 Å². The number of carbonyl (C=O) groups excluding carboxylic acids is 1. The molecule has 1 heterocycles. The van der Waals surface area contributed by atoms with Crippen LogP contribution in [0.5, 0.6) is 0 Å². The lowest BCUT2D eigenvalue weighted by atomic mass is 10.0. The third-order valence-corrected chi connectivity index (χ3v) is 4.97. The number of aryl methyl sites for hydroxylation is 1. The van der Waals surface area contributed by atoms with Crippen molar-refractivity contribution in [3.8, 4) is 0 Å². The van der Waals surface area contributed by atoms with E-state index in [4.69, 9.17) is 8.48 Å². The molecular formula is C22H25N3O2S. The summed E-state index contributed by atoms with van der Waals surface area (Å²) < 4.78 is 16.7. The maximum atomic E-state index is 12.1. The molecule has 0 spiro atoms. The van der Waals surface area contributed by atoms with E-state index in [9.17, 15) is 9.90 Å². The van der Waals surface area contributed by atoms with Crippen LogP contribution in [0.3, 0.4) is 0 Å². The van der Waals surface area contributed by atoms with Crippen molar-refractivity contribution in [1.82, 2.24) is 4.98 Å². The molecule has 0 aliphatic rings. The van der Waals surface area contributed by atoms with E-state index >= 15 is 0 Å². The summed E-state index contributed by atoms with van der Waals surface area (Å²) >= 11 is 1.29. The smallest absolute Gasteiger partial charge is 0.230 e. The van der Waals surface area contributed by atoms with Gasteiger partial charge in [0.05, 0.1) is 18.2 Å². The van der Waals surface area contributed by atoms with E-state index in [1.54, 1.807) is 29.6 Å². The van der Waals surface area contributed by atoms with Gasteiger partial charge < -0.3 is 16.2 Å². The van der Waals surface area contributed by atoms with Crippen LogP contribution < -0.4 is 11.1 Å². The van der Waals surface area contributed by atoms with E-state index < -0.39 is 12.5 Å². The number of carbonyl (C=O) groups is 1. The number of anilines is 2. The third kappa shape index (κ3) is 6.18. The fourth-order valence-electron chi connectivity index (χ4n) is 2.81. The third-order valence-electron chi connectivity index (χ3n) is 4.25. The van der Waals surface area contributed by atoms with Crippen LogP contribution in [0.15, 0.2) is 60.0 Å². The molecule has 1 atom stereocenters. The van der Waals surface area contributed by atoms with E-state index in [1.807, 2.05) is 30.3 Å². The molecule has 146 valence electrons. The maximum Gasteiger partial charge on any atom is 0.230 e. The van der Waals surface area contributed by atoms with E-state index in [-0.39, 0.29) is 12.3 Å². The molecule has 0 aliphatic heterocycles. The van der Waals surface area contributed by atoms with Gasteiger partial charge in [-0.2, -0.15) is 0 Å². The molecule has 3 rings (SSSR count). The predicted octanol–water partition coefficient (Wildman–Crippen LogP) is 4.35. The molecule has 0 saturated carbocycles. The van der Waals surface area contributed by atoms with Crippen LogP contribution in [0.4, 0.5) is 10.8 Å². The average Bonchev–Trinajstić information content (AvgIpc) is 3.13. The standard InChI is InChI=1S/C22H25N3O2S/c23-22-25-19(15-28-22)14-21(27)24-18-12-10-16(11-13-18)6-4-5-9-20(26)17-7-2-1-3-8-17/h1-3,7-8,10-13,15,20,26H,4-6,9,14H2,(H2,23,25)(H,24,27)/t20-/m0/s1/i6D2. The number of aliphatic hydroxyl groups excluding tert-OH is 1. The minimum absolute atomic E-state index is 0.139. The monoisotopic (exact) mass is 397 g/mol. The molecule has 0 bridgehead atoms. The minimum atomic E-state index is -1.52. The van der Waals surface area contributed by atoms with E-state index in [0.29, 0.717) is 41.3 Å². The summed E-state index contributed by atoms with van der Waals surface area (Å²) in [6.07, 6.45) is -0.616. The number of thiazole rings is 1. The number of amides is 1. The number of nitrogen functional groups attached to an aromatic ring is 1. The highest BCUT2D eigenvalue weighted by molar-refractivity contribution is 7.13. The van der Waals surface area contributed by atoms with E-state index in [0.717, 1.165) is 5.56 Å². The summed E-state index contributed by atoms with van der Waals surface area (Å²) in [6, 6.07) is 16.2. The first-order chi connectivity index (χ1) is 14.3. The lowest BCUT2D eigenvalue weighted by Gasteiger charge is -2.10. The fraction of sp³-hybridized carbons (Fsp3) is 0.273. The normalized spacial score (nSPS) is 13.5. The average molecular weight is 398 g/mol. The Hall–Kier alpha value is -2.70. The number of hydrogen-bond acceptors (Lipinski definition) is 5. The van der Waals surface area contributed by atoms with Crippen molar-refractivity contribution >= 4 is 28.1 Å². The lowest BCUT2D eigenvalue weighted by Crippen LogP contribution is -2.14. The Bertz CT molecular complexity index is 962. The maximum absolute atomic E-state index is 12.1. The highest BCUT2D eigenvalue weighted by Crippen LogP contribution is 2.20. The van der Waals surface area contributed by atoms with Gasteiger partial charge >= 0.3 is 0 Å². The van der Waals surface area contributed by atoms with Crippen molar-refractivity contribution in [3.05, 3.63) is 76.8 Å². The van der Waals surface area contributed by atoms with Crippen molar-refractivity contribution in [2.24, 2.45) is 0 Å². The van der Waals surface area contributed by atoms with Crippen LogP contribution in [0.2, 0.25) is 0 Å². The molecule has 0 unspecified atom stereocenters. The minimum Gasteiger partial charge on any atom is -0.388 e. The van der Waals surface area contributed by atoms with Gasteiger partial charge in [-0.25, -0.2) is 4.98 Å². The van der Waals surface area contributed by atoms with Crippen molar-refractivity contribution in [2.45, 2.75) is 38.2 Å². The van der Waals surface area contributed by atoms with Crippen molar-refractivity contribution < 1.29 is 12.6 Å². The Morgan fingerprint density at radius 2 is 1.93 bits per heavy atom. The van der Waals surface area contributed by atoms with Gasteiger partial charge in [-0.3, -0.25) is 4.79 Å². The van der Waals surface area contributed by atoms with Crippen LogP contribution in [0.25, 0.3) is 0 Å². The number of hydrogen-bond donors (Lipinski definition) is 3. The van der Waals surface area contributed by atoms with Crippen LogP contribution >= 0.6 is 11.3 Å². The number of aliphatic hydroxyl groups is 1. The first-order valence-electron chi connectivity index (χ1n) is 10.2. The molecule has 6 heteroatoms.